The molecule has 0 aliphatic carbocycles. The first-order chi connectivity index (χ1) is 14.0. The number of hydrogen-bond donors (Lipinski definition) is 1. The van der Waals surface area contributed by atoms with Crippen molar-refractivity contribution >= 4 is 23.4 Å². The molecule has 0 radical (unpaired) electrons. The molecule has 30 heavy (non-hydrogen) atoms. The second-order valence-corrected chi connectivity index (χ2v) is 10.1. The van der Waals surface area contributed by atoms with Crippen molar-refractivity contribution in [1.29, 1.82) is 0 Å². The molecule has 0 atom stereocenters. The van der Waals surface area contributed by atoms with Crippen molar-refractivity contribution in [2.24, 2.45) is 5.16 Å². The second-order valence-electron chi connectivity index (χ2n) is 9.00. The summed E-state index contributed by atoms with van der Waals surface area (Å²) in [4.78, 5) is 14.0. The molecule has 6 heteroatoms. The Morgan fingerprint density at radius 3 is 2.20 bits per heavy atom. The molecular formula is C24H31NO4S. The van der Waals surface area contributed by atoms with Crippen LogP contribution in [0, 0.1) is 0 Å². The monoisotopic (exact) mass is 429 g/mol. The highest BCUT2D eigenvalue weighted by molar-refractivity contribution is 8.00. The molecule has 0 aliphatic heterocycles. The van der Waals surface area contributed by atoms with Gasteiger partial charge in [-0.25, -0.2) is 4.79 Å². The van der Waals surface area contributed by atoms with Crippen LogP contribution in [-0.4, -0.2) is 35.4 Å². The van der Waals surface area contributed by atoms with Gasteiger partial charge in [-0.2, -0.15) is 0 Å². The van der Waals surface area contributed by atoms with Crippen LogP contribution in [0.25, 0.3) is 0 Å². The van der Waals surface area contributed by atoms with Gasteiger partial charge in [0.25, 0.3) is 0 Å². The topological polar surface area (TPSA) is 68.1 Å². The van der Waals surface area contributed by atoms with Crippen LogP contribution in [0.1, 0.15) is 63.0 Å². The molecule has 1 N–H and O–H groups in total. The van der Waals surface area contributed by atoms with Crippen molar-refractivity contribution in [2.75, 3.05) is 12.9 Å². The Bertz CT molecular complexity index is 909. The Hall–Kier alpha value is -2.47. The molecule has 0 spiro atoms. The molecule has 0 fully saturated rings. The fraction of sp³-hybridized carbons (Fsp3) is 0.417. The Labute approximate surface area is 183 Å². The molecule has 2 rings (SSSR count). The van der Waals surface area contributed by atoms with E-state index in [1.54, 1.807) is 24.9 Å². The van der Waals surface area contributed by atoms with Crippen LogP contribution in [0.5, 0.6) is 5.75 Å². The maximum absolute atomic E-state index is 13.0. The van der Waals surface area contributed by atoms with Gasteiger partial charge in [0.1, 0.15) is 16.9 Å². The zero-order valence-electron chi connectivity index (χ0n) is 18.8. The van der Waals surface area contributed by atoms with Gasteiger partial charge in [-0.15, -0.1) is 11.8 Å². The van der Waals surface area contributed by atoms with Crippen LogP contribution in [0.4, 0.5) is 0 Å². The maximum Gasteiger partial charge on any atom is 0.342 e. The van der Waals surface area contributed by atoms with E-state index in [2.05, 4.69) is 5.16 Å². The molecule has 0 aliphatic rings. The molecule has 162 valence electrons. The van der Waals surface area contributed by atoms with Crippen LogP contribution in [0.3, 0.4) is 0 Å². The predicted octanol–water partition coefficient (Wildman–Crippen LogP) is 5.92. The minimum Gasteiger partial charge on any atom is -0.496 e. The molecule has 0 aromatic heterocycles. The molecule has 0 heterocycles. The molecule has 0 amide bonds. The minimum absolute atomic E-state index is 0.300. The highest BCUT2D eigenvalue weighted by Crippen LogP contribution is 2.36. The highest BCUT2D eigenvalue weighted by atomic mass is 32.2. The van der Waals surface area contributed by atoms with E-state index in [0.29, 0.717) is 28.3 Å². The fourth-order valence-corrected chi connectivity index (χ4v) is 3.77. The van der Waals surface area contributed by atoms with Crippen molar-refractivity contribution in [3.05, 3.63) is 59.2 Å². The van der Waals surface area contributed by atoms with Gasteiger partial charge in [0.15, 0.2) is 0 Å². The number of esters is 1. The Morgan fingerprint density at radius 1 is 1.07 bits per heavy atom. The largest absolute Gasteiger partial charge is 0.496 e. The van der Waals surface area contributed by atoms with E-state index < -0.39 is 11.6 Å². The number of benzene rings is 2. The van der Waals surface area contributed by atoms with E-state index in [0.717, 1.165) is 10.5 Å². The number of hydrogen-bond acceptors (Lipinski definition) is 6. The van der Waals surface area contributed by atoms with Gasteiger partial charge in [-0.3, -0.25) is 0 Å². The van der Waals surface area contributed by atoms with Crippen molar-refractivity contribution < 1.29 is 19.5 Å². The smallest absolute Gasteiger partial charge is 0.342 e. The summed E-state index contributed by atoms with van der Waals surface area (Å²) in [6.07, 6.45) is 0. The third kappa shape index (κ3) is 6.26. The van der Waals surface area contributed by atoms with E-state index in [-0.39, 0.29) is 5.41 Å². The summed E-state index contributed by atoms with van der Waals surface area (Å²) in [5, 5.41) is 13.3. The lowest BCUT2D eigenvalue weighted by Crippen LogP contribution is -2.25. The molecule has 0 unspecified atom stereocenters. The number of nitrogens with zero attached hydrogens (tertiary/aromatic N) is 1. The summed E-state index contributed by atoms with van der Waals surface area (Å²) >= 11 is 1.56. The van der Waals surface area contributed by atoms with E-state index >= 15 is 0 Å². The summed E-state index contributed by atoms with van der Waals surface area (Å²) in [7, 11) is 1.55. The first-order valence-electron chi connectivity index (χ1n) is 9.81. The average molecular weight is 430 g/mol. The summed E-state index contributed by atoms with van der Waals surface area (Å²) in [5.74, 6) is 0.456. The normalized spacial score (nSPS) is 12.6. The van der Waals surface area contributed by atoms with Crippen LogP contribution in [0.15, 0.2) is 52.5 Å². The molecule has 2 aromatic rings. The van der Waals surface area contributed by atoms with Crippen molar-refractivity contribution in [2.45, 2.75) is 57.5 Å². The van der Waals surface area contributed by atoms with Gasteiger partial charge in [-0.1, -0.05) is 44.1 Å². The van der Waals surface area contributed by atoms with Gasteiger partial charge in [-0.05, 0) is 50.5 Å². The minimum atomic E-state index is -0.642. The molecule has 2 aromatic carbocycles. The number of oxime groups is 1. The third-order valence-electron chi connectivity index (χ3n) is 4.29. The maximum atomic E-state index is 13.0. The average Bonchev–Trinajstić information content (AvgIpc) is 2.66. The van der Waals surface area contributed by atoms with E-state index in [9.17, 15) is 10.0 Å². The Balaban J connectivity index is 2.52. The van der Waals surface area contributed by atoms with Gasteiger partial charge in [0, 0.05) is 21.8 Å². The fourth-order valence-electron chi connectivity index (χ4n) is 2.90. The van der Waals surface area contributed by atoms with Crippen molar-refractivity contribution in [1.82, 2.24) is 0 Å². The zero-order chi connectivity index (χ0) is 22.5. The van der Waals surface area contributed by atoms with Crippen LogP contribution in [-0.2, 0) is 10.2 Å². The molecular weight excluding hydrogens is 398 g/mol. The zero-order valence-corrected chi connectivity index (χ0v) is 19.6. The van der Waals surface area contributed by atoms with Gasteiger partial charge in [0.05, 0.1) is 12.8 Å². The second kappa shape index (κ2) is 9.56. The van der Waals surface area contributed by atoms with E-state index in [1.807, 2.05) is 77.9 Å². The van der Waals surface area contributed by atoms with Gasteiger partial charge in [0.2, 0.25) is 0 Å². The summed E-state index contributed by atoms with van der Waals surface area (Å²) in [6.45, 7) is 11.6. The van der Waals surface area contributed by atoms with E-state index in [1.165, 1.54) is 0 Å². The standard InChI is InChI=1S/C24H31NO4S/c1-23(2,3)19-14-16(20(25-27)15-30-17-11-9-8-10-12-17)13-18(21(19)28-7)22(26)29-24(4,5)6/h8-14,27H,15H2,1-7H3/b25-20+. The number of rotatable bonds is 6. The number of carbonyl (C=O) groups excluding carboxylic acids is 1. The SMILES string of the molecule is COc1c(C(=O)OC(C)(C)C)cc(/C(CSc2ccccc2)=N/O)cc1C(C)(C)C. The van der Waals surface area contributed by atoms with Crippen molar-refractivity contribution in [3.63, 3.8) is 0 Å². The molecule has 0 saturated heterocycles. The quantitative estimate of drug-likeness (QED) is 0.203. The lowest BCUT2D eigenvalue weighted by atomic mass is 9.83. The molecule has 0 bridgehead atoms. The number of carbonyl (C=O) groups is 1. The molecule has 5 nitrogen and oxygen atoms in total. The lowest BCUT2D eigenvalue weighted by Gasteiger charge is -2.26. The van der Waals surface area contributed by atoms with Crippen LogP contribution >= 0.6 is 11.8 Å². The number of methoxy groups -OCH3 is 1. The van der Waals surface area contributed by atoms with Gasteiger partial charge >= 0.3 is 5.97 Å². The summed E-state index contributed by atoms with van der Waals surface area (Å²) in [6, 6.07) is 13.5. The van der Waals surface area contributed by atoms with Gasteiger partial charge < -0.3 is 14.7 Å². The predicted molar refractivity (Wildman–Crippen MR) is 122 cm³/mol. The first-order valence-corrected chi connectivity index (χ1v) is 10.8. The number of ether oxygens (including phenoxy) is 2. The summed E-state index contributed by atoms with van der Waals surface area (Å²) < 4.78 is 11.2. The summed E-state index contributed by atoms with van der Waals surface area (Å²) in [5.41, 5.74) is 1.35. The molecule has 0 saturated carbocycles. The van der Waals surface area contributed by atoms with Crippen molar-refractivity contribution in [3.8, 4) is 5.75 Å². The van der Waals surface area contributed by atoms with Crippen LogP contribution in [0.2, 0.25) is 0 Å². The lowest BCUT2D eigenvalue weighted by molar-refractivity contribution is 0.00662. The van der Waals surface area contributed by atoms with Crippen LogP contribution < -0.4 is 4.74 Å². The Kier molecular flexibility index (Phi) is 7.59. The third-order valence-corrected chi connectivity index (χ3v) is 5.32. The first kappa shape index (κ1) is 23.8. The highest BCUT2D eigenvalue weighted by Gasteiger charge is 2.29. The van der Waals surface area contributed by atoms with E-state index in [4.69, 9.17) is 9.47 Å². The number of thioether (sulfide) groups is 1. The Morgan fingerprint density at radius 2 is 1.70 bits per heavy atom.